The molecule has 0 saturated carbocycles. The average molecular weight is 510 g/mol. The minimum Gasteiger partial charge on any atom is -0.350 e. The van der Waals surface area contributed by atoms with Crippen molar-refractivity contribution in [2.45, 2.75) is 45.7 Å². The van der Waals surface area contributed by atoms with Crippen LogP contribution in [0, 0.1) is 5.92 Å². The molecule has 0 radical (unpaired) electrons. The van der Waals surface area contributed by atoms with Crippen LogP contribution in [-0.4, -0.2) is 61.9 Å². The highest BCUT2D eigenvalue weighted by atomic mass is 35.5. The van der Waals surface area contributed by atoms with Crippen molar-refractivity contribution in [2.24, 2.45) is 5.92 Å². The van der Waals surface area contributed by atoms with E-state index in [2.05, 4.69) is 25.2 Å². The van der Waals surface area contributed by atoms with Crippen molar-refractivity contribution < 1.29 is 9.59 Å². The second-order valence-corrected chi connectivity index (χ2v) is 9.97. The standard InChI is InChI=1S/C26H32ClN7O2/c1-18(2)12-26(36)32-10-11-34(24-14-23(29-16-30-24)33-9-8-28-17-33)22(15-32)13-25(35)31-19(3)20-4-6-21(27)7-5-20/h4-9,14,16-19,22H,10-13,15H2,1-3H3,(H,31,35). The van der Waals surface area contributed by atoms with Crippen LogP contribution < -0.4 is 10.2 Å². The van der Waals surface area contributed by atoms with Crippen LogP contribution in [0.3, 0.4) is 0 Å². The van der Waals surface area contributed by atoms with Crippen LogP contribution >= 0.6 is 11.6 Å². The summed E-state index contributed by atoms with van der Waals surface area (Å²) in [6.07, 6.45) is 7.42. The van der Waals surface area contributed by atoms with Crippen molar-refractivity contribution in [3.63, 3.8) is 0 Å². The molecule has 1 fully saturated rings. The van der Waals surface area contributed by atoms with Gasteiger partial charge in [-0.3, -0.25) is 14.2 Å². The largest absolute Gasteiger partial charge is 0.350 e. The molecule has 0 aliphatic carbocycles. The molecule has 2 atom stereocenters. The molecule has 3 heterocycles. The van der Waals surface area contributed by atoms with Crippen LogP contribution in [0.15, 0.2) is 55.4 Å². The van der Waals surface area contributed by atoms with E-state index in [0.29, 0.717) is 42.7 Å². The highest BCUT2D eigenvalue weighted by Crippen LogP contribution is 2.24. The SMILES string of the molecule is CC(C)CC(=O)N1CCN(c2cc(-n3ccnc3)ncn2)C(CC(=O)NC(C)c2ccc(Cl)cc2)C1. The number of nitrogens with one attached hydrogen (secondary N) is 1. The van der Waals surface area contributed by atoms with Crippen LogP contribution in [0.25, 0.3) is 5.82 Å². The molecular formula is C26H32ClN7O2. The van der Waals surface area contributed by atoms with Gasteiger partial charge >= 0.3 is 0 Å². The van der Waals surface area contributed by atoms with Crippen LogP contribution in [0.2, 0.25) is 5.02 Å². The molecule has 1 aromatic carbocycles. The van der Waals surface area contributed by atoms with Gasteiger partial charge in [0.15, 0.2) is 0 Å². The molecule has 2 unspecified atom stereocenters. The van der Waals surface area contributed by atoms with Crippen LogP contribution in [0.4, 0.5) is 5.82 Å². The Hall–Kier alpha value is -3.46. The first-order chi connectivity index (χ1) is 17.3. The number of aromatic nitrogens is 4. The zero-order chi connectivity index (χ0) is 25.7. The molecule has 2 amide bonds. The lowest BCUT2D eigenvalue weighted by molar-refractivity contribution is -0.133. The molecule has 1 aliphatic rings. The van der Waals surface area contributed by atoms with E-state index in [0.717, 1.165) is 5.56 Å². The number of halogens is 1. The van der Waals surface area contributed by atoms with E-state index in [-0.39, 0.29) is 36.2 Å². The number of carbonyl (C=O) groups is 2. The highest BCUT2D eigenvalue weighted by Gasteiger charge is 2.32. The maximum absolute atomic E-state index is 13.1. The molecule has 2 aromatic heterocycles. The van der Waals surface area contributed by atoms with Gasteiger partial charge < -0.3 is 15.1 Å². The number of rotatable bonds is 8. The van der Waals surface area contributed by atoms with E-state index in [1.54, 1.807) is 12.5 Å². The first kappa shape index (κ1) is 25.6. The number of hydrogen-bond donors (Lipinski definition) is 1. The maximum atomic E-state index is 13.1. The lowest BCUT2D eigenvalue weighted by Gasteiger charge is -2.42. The molecule has 36 heavy (non-hydrogen) atoms. The maximum Gasteiger partial charge on any atom is 0.222 e. The van der Waals surface area contributed by atoms with Gasteiger partial charge in [0.2, 0.25) is 11.8 Å². The Bertz CT molecular complexity index is 1170. The molecule has 190 valence electrons. The first-order valence-corrected chi connectivity index (χ1v) is 12.6. The summed E-state index contributed by atoms with van der Waals surface area (Å²) in [7, 11) is 0. The van der Waals surface area contributed by atoms with Crippen LogP contribution in [-0.2, 0) is 9.59 Å². The third-order valence-corrected chi connectivity index (χ3v) is 6.54. The van der Waals surface area contributed by atoms with Crippen molar-refractivity contribution in [3.05, 3.63) is 66.0 Å². The molecule has 9 nitrogen and oxygen atoms in total. The zero-order valence-corrected chi connectivity index (χ0v) is 21.6. The molecular weight excluding hydrogens is 478 g/mol. The van der Waals surface area contributed by atoms with E-state index in [1.165, 1.54) is 6.33 Å². The predicted molar refractivity (Wildman–Crippen MR) is 139 cm³/mol. The molecule has 4 rings (SSSR count). The Kier molecular flexibility index (Phi) is 8.20. The molecule has 1 aliphatic heterocycles. The van der Waals surface area contributed by atoms with Crippen molar-refractivity contribution in [2.75, 3.05) is 24.5 Å². The number of nitrogens with zero attached hydrogens (tertiary/aromatic N) is 6. The third-order valence-electron chi connectivity index (χ3n) is 6.29. The Labute approximate surface area is 216 Å². The molecule has 0 spiro atoms. The predicted octanol–water partition coefficient (Wildman–Crippen LogP) is 3.65. The lowest BCUT2D eigenvalue weighted by Crippen LogP contribution is -2.56. The zero-order valence-electron chi connectivity index (χ0n) is 20.8. The Morgan fingerprint density at radius 3 is 2.56 bits per heavy atom. The van der Waals surface area contributed by atoms with Gasteiger partial charge in [-0.05, 0) is 30.5 Å². The minimum atomic E-state index is -0.224. The number of hydrogen-bond acceptors (Lipinski definition) is 6. The second kappa shape index (κ2) is 11.5. The van der Waals surface area contributed by atoms with Gasteiger partial charge in [-0.15, -0.1) is 0 Å². The third kappa shape index (κ3) is 6.40. The number of piperazine rings is 1. The summed E-state index contributed by atoms with van der Waals surface area (Å²) in [6.45, 7) is 7.63. The summed E-state index contributed by atoms with van der Waals surface area (Å²) in [5.41, 5.74) is 0.975. The topological polar surface area (TPSA) is 96.2 Å². The smallest absolute Gasteiger partial charge is 0.222 e. The fraction of sp³-hybridized carbons (Fsp3) is 0.423. The van der Waals surface area contributed by atoms with Gasteiger partial charge in [0, 0.05) is 56.0 Å². The van der Waals surface area contributed by atoms with E-state index < -0.39 is 0 Å². The molecule has 3 aromatic rings. The van der Waals surface area contributed by atoms with Gasteiger partial charge in [-0.2, -0.15) is 0 Å². The van der Waals surface area contributed by atoms with E-state index in [9.17, 15) is 9.59 Å². The lowest BCUT2D eigenvalue weighted by atomic mass is 10.0. The first-order valence-electron chi connectivity index (χ1n) is 12.2. The van der Waals surface area contributed by atoms with Gasteiger partial charge in [0.25, 0.3) is 0 Å². The molecule has 1 saturated heterocycles. The number of carbonyl (C=O) groups excluding carboxylic acids is 2. The number of imidazole rings is 1. The summed E-state index contributed by atoms with van der Waals surface area (Å²) in [5, 5.41) is 3.74. The van der Waals surface area contributed by atoms with Gasteiger partial charge in [0.05, 0.1) is 12.1 Å². The summed E-state index contributed by atoms with van der Waals surface area (Å²) >= 11 is 6.00. The van der Waals surface area contributed by atoms with Gasteiger partial charge in [-0.25, -0.2) is 15.0 Å². The minimum absolute atomic E-state index is 0.0884. The normalized spacial score (nSPS) is 16.8. The molecule has 1 N–H and O–H groups in total. The second-order valence-electron chi connectivity index (χ2n) is 9.53. The van der Waals surface area contributed by atoms with Crippen LogP contribution in [0.5, 0.6) is 0 Å². The van der Waals surface area contributed by atoms with E-state index >= 15 is 0 Å². The molecule has 10 heteroatoms. The summed E-state index contributed by atoms with van der Waals surface area (Å²) in [4.78, 5) is 42.9. The van der Waals surface area contributed by atoms with E-state index in [1.807, 2.05) is 66.8 Å². The Morgan fingerprint density at radius 1 is 1.11 bits per heavy atom. The Balaban J connectivity index is 1.52. The van der Waals surface area contributed by atoms with Crippen molar-refractivity contribution >= 4 is 29.2 Å². The molecule has 0 bridgehead atoms. The van der Waals surface area contributed by atoms with E-state index in [4.69, 9.17) is 11.6 Å². The van der Waals surface area contributed by atoms with Crippen molar-refractivity contribution in [3.8, 4) is 5.82 Å². The number of amides is 2. The van der Waals surface area contributed by atoms with Gasteiger partial charge in [0.1, 0.15) is 24.3 Å². The Morgan fingerprint density at radius 2 is 1.86 bits per heavy atom. The monoisotopic (exact) mass is 509 g/mol. The highest BCUT2D eigenvalue weighted by molar-refractivity contribution is 6.30. The quantitative estimate of drug-likeness (QED) is 0.498. The number of benzene rings is 1. The van der Waals surface area contributed by atoms with Crippen molar-refractivity contribution in [1.82, 2.24) is 29.7 Å². The average Bonchev–Trinajstić information content (AvgIpc) is 3.39. The summed E-state index contributed by atoms with van der Waals surface area (Å²) in [6, 6.07) is 8.93. The van der Waals surface area contributed by atoms with Crippen LogP contribution in [0.1, 0.15) is 45.2 Å². The van der Waals surface area contributed by atoms with Crippen molar-refractivity contribution in [1.29, 1.82) is 0 Å². The van der Waals surface area contributed by atoms with Gasteiger partial charge in [-0.1, -0.05) is 37.6 Å². The summed E-state index contributed by atoms with van der Waals surface area (Å²) in [5.74, 6) is 1.71. The summed E-state index contributed by atoms with van der Waals surface area (Å²) < 4.78 is 1.81. The fourth-order valence-corrected chi connectivity index (χ4v) is 4.54. The fourth-order valence-electron chi connectivity index (χ4n) is 4.42. The number of anilines is 1.